The average Bonchev–Trinajstić information content (AvgIpc) is 2.87. The van der Waals surface area contributed by atoms with Gasteiger partial charge >= 0.3 is 0 Å². The molecule has 0 unspecified atom stereocenters. The van der Waals surface area contributed by atoms with Crippen LogP contribution >= 0.6 is 0 Å². The molecule has 1 N–H and O–H groups in total. The summed E-state index contributed by atoms with van der Waals surface area (Å²) in [7, 11) is 0. The lowest BCUT2D eigenvalue weighted by Crippen LogP contribution is -2.22. The van der Waals surface area contributed by atoms with E-state index in [9.17, 15) is 4.79 Å². The van der Waals surface area contributed by atoms with Gasteiger partial charge in [-0.3, -0.25) is 4.79 Å². The SMILES string of the molecule is CC(C)(C)c1ccc(OCc2ccc(C(=O)NN=C3CCC(c4ccccc4)CC3)cc2)cc1. The van der Waals surface area contributed by atoms with Crippen LogP contribution in [0.5, 0.6) is 5.75 Å². The third-order valence-corrected chi connectivity index (χ3v) is 6.49. The molecule has 0 spiro atoms. The number of carbonyl (C=O) groups excluding carboxylic acids is 1. The summed E-state index contributed by atoms with van der Waals surface area (Å²) in [5.74, 6) is 1.25. The van der Waals surface area contributed by atoms with E-state index in [0.717, 1.165) is 42.7 Å². The highest BCUT2D eigenvalue weighted by molar-refractivity contribution is 5.95. The average molecular weight is 455 g/mol. The van der Waals surface area contributed by atoms with Crippen molar-refractivity contribution >= 4 is 11.6 Å². The quantitative estimate of drug-likeness (QED) is 0.407. The van der Waals surface area contributed by atoms with Crippen LogP contribution in [0.2, 0.25) is 0 Å². The van der Waals surface area contributed by atoms with Crippen LogP contribution in [0, 0.1) is 0 Å². The van der Waals surface area contributed by atoms with Gasteiger partial charge in [-0.2, -0.15) is 5.10 Å². The third kappa shape index (κ3) is 6.34. The first-order valence-corrected chi connectivity index (χ1v) is 12.1. The maximum atomic E-state index is 12.5. The summed E-state index contributed by atoms with van der Waals surface area (Å²) in [6.45, 7) is 7.05. The number of rotatable bonds is 6. The molecule has 34 heavy (non-hydrogen) atoms. The molecule has 1 fully saturated rings. The normalized spacial score (nSPS) is 16.1. The van der Waals surface area contributed by atoms with Crippen molar-refractivity contribution in [3.8, 4) is 5.75 Å². The summed E-state index contributed by atoms with van der Waals surface area (Å²) in [6.07, 6.45) is 4.00. The fraction of sp³-hybridized carbons (Fsp3) is 0.333. The molecule has 0 aromatic heterocycles. The Morgan fingerprint density at radius 2 is 1.56 bits per heavy atom. The molecule has 176 valence electrons. The maximum Gasteiger partial charge on any atom is 0.271 e. The monoisotopic (exact) mass is 454 g/mol. The van der Waals surface area contributed by atoms with E-state index in [1.54, 1.807) is 0 Å². The third-order valence-electron chi connectivity index (χ3n) is 6.49. The molecular weight excluding hydrogens is 420 g/mol. The molecule has 3 aromatic carbocycles. The Morgan fingerprint density at radius 1 is 0.912 bits per heavy atom. The fourth-order valence-corrected chi connectivity index (χ4v) is 4.29. The van der Waals surface area contributed by atoms with Crippen molar-refractivity contribution in [1.82, 2.24) is 5.43 Å². The number of nitrogens with one attached hydrogen (secondary N) is 1. The lowest BCUT2D eigenvalue weighted by Gasteiger charge is -2.23. The van der Waals surface area contributed by atoms with Gasteiger partial charge in [-0.15, -0.1) is 0 Å². The smallest absolute Gasteiger partial charge is 0.271 e. The lowest BCUT2D eigenvalue weighted by atomic mass is 9.83. The van der Waals surface area contributed by atoms with E-state index in [1.807, 2.05) is 36.4 Å². The van der Waals surface area contributed by atoms with Gasteiger partial charge < -0.3 is 4.74 Å². The zero-order valence-corrected chi connectivity index (χ0v) is 20.4. The van der Waals surface area contributed by atoms with E-state index in [4.69, 9.17) is 4.74 Å². The molecular formula is C30H34N2O2. The van der Waals surface area contributed by atoms with Gasteiger partial charge in [0.25, 0.3) is 5.91 Å². The number of amides is 1. The van der Waals surface area contributed by atoms with Crippen molar-refractivity contribution in [2.24, 2.45) is 5.10 Å². The summed E-state index contributed by atoms with van der Waals surface area (Å²) < 4.78 is 5.91. The summed E-state index contributed by atoms with van der Waals surface area (Å²) in [6, 6.07) is 26.4. The zero-order valence-electron chi connectivity index (χ0n) is 20.4. The van der Waals surface area contributed by atoms with E-state index in [-0.39, 0.29) is 11.3 Å². The minimum atomic E-state index is -0.178. The number of hydrazone groups is 1. The van der Waals surface area contributed by atoms with Crippen molar-refractivity contribution < 1.29 is 9.53 Å². The summed E-state index contributed by atoms with van der Waals surface area (Å²) in [4.78, 5) is 12.5. The van der Waals surface area contributed by atoms with Crippen LogP contribution in [-0.4, -0.2) is 11.6 Å². The molecule has 0 atom stereocenters. The molecule has 4 heteroatoms. The van der Waals surface area contributed by atoms with Crippen LogP contribution in [-0.2, 0) is 12.0 Å². The number of nitrogens with zero attached hydrogens (tertiary/aromatic N) is 1. The Kier molecular flexibility index (Phi) is 7.46. The predicted molar refractivity (Wildman–Crippen MR) is 138 cm³/mol. The van der Waals surface area contributed by atoms with Gasteiger partial charge in [0, 0.05) is 11.3 Å². The van der Waals surface area contributed by atoms with Gasteiger partial charge in [-0.1, -0.05) is 75.4 Å². The summed E-state index contributed by atoms with van der Waals surface area (Å²) >= 11 is 0. The predicted octanol–water partition coefficient (Wildman–Crippen LogP) is 7.01. The first kappa shape index (κ1) is 23.7. The van der Waals surface area contributed by atoms with Crippen molar-refractivity contribution in [3.63, 3.8) is 0 Å². The Hall–Kier alpha value is -3.40. The second-order valence-corrected chi connectivity index (χ2v) is 10.1. The molecule has 0 radical (unpaired) electrons. The van der Waals surface area contributed by atoms with Gasteiger partial charge in [-0.05, 0) is 78.0 Å². The Bertz CT molecular complexity index is 1100. The topological polar surface area (TPSA) is 50.7 Å². The summed E-state index contributed by atoms with van der Waals surface area (Å²) in [5.41, 5.74) is 8.23. The van der Waals surface area contributed by atoms with Gasteiger partial charge in [0.15, 0.2) is 0 Å². The largest absolute Gasteiger partial charge is 0.489 e. The molecule has 4 nitrogen and oxygen atoms in total. The molecule has 1 saturated carbocycles. The van der Waals surface area contributed by atoms with E-state index >= 15 is 0 Å². The van der Waals surface area contributed by atoms with Gasteiger partial charge in [0.05, 0.1) is 0 Å². The molecule has 1 amide bonds. The van der Waals surface area contributed by atoms with Gasteiger partial charge in [0.1, 0.15) is 12.4 Å². The first-order chi connectivity index (χ1) is 16.4. The Labute approximate surface area is 203 Å². The van der Waals surface area contributed by atoms with Crippen molar-refractivity contribution in [3.05, 3.63) is 101 Å². The Morgan fingerprint density at radius 3 is 2.18 bits per heavy atom. The van der Waals surface area contributed by atoms with Crippen molar-refractivity contribution in [2.75, 3.05) is 0 Å². The van der Waals surface area contributed by atoms with Gasteiger partial charge in [-0.25, -0.2) is 5.43 Å². The second kappa shape index (κ2) is 10.7. The highest BCUT2D eigenvalue weighted by Gasteiger charge is 2.19. The Balaban J connectivity index is 1.25. The van der Waals surface area contributed by atoms with Crippen LogP contribution in [0.15, 0.2) is 84.0 Å². The van der Waals surface area contributed by atoms with Crippen LogP contribution in [0.3, 0.4) is 0 Å². The van der Waals surface area contributed by atoms with E-state index < -0.39 is 0 Å². The molecule has 0 aliphatic heterocycles. The fourth-order valence-electron chi connectivity index (χ4n) is 4.29. The lowest BCUT2D eigenvalue weighted by molar-refractivity contribution is 0.0954. The van der Waals surface area contributed by atoms with Crippen LogP contribution in [0.25, 0.3) is 0 Å². The molecule has 4 rings (SSSR count). The number of carbonyl (C=O) groups is 1. The molecule has 0 bridgehead atoms. The van der Waals surface area contributed by atoms with E-state index in [2.05, 4.69) is 73.8 Å². The summed E-state index contributed by atoms with van der Waals surface area (Å²) in [5, 5.41) is 4.40. The molecule has 1 aliphatic carbocycles. The minimum Gasteiger partial charge on any atom is -0.489 e. The number of benzene rings is 3. The maximum absolute atomic E-state index is 12.5. The number of hydrogen-bond acceptors (Lipinski definition) is 3. The number of ether oxygens (including phenoxy) is 1. The molecule has 3 aromatic rings. The second-order valence-electron chi connectivity index (χ2n) is 10.1. The standard InChI is InChI=1S/C30H34N2O2/c1-30(2,3)26-15-19-28(20-16-26)34-21-22-9-11-25(12-10-22)29(33)32-31-27-17-13-24(14-18-27)23-7-5-4-6-8-23/h4-12,15-16,19-20,24H,13-14,17-18,21H2,1-3H3,(H,32,33). The molecule has 1 aliphatic rings. The van der Waals surface area contributed by atoms with E-state index in [1.165, 1.54) is 11.1 Å². The highest BCUT2D eigenvalue weighted by atomic mass is 16.5. The minimum absolute atomic E-state index is 0.126. The van der Waals surface area contributed by atoms with Crippen molar-refractivity contribution in [1.29, 1.82) is 0 Å². The van der Waals surface area contributed by atoms with Crippen molar-refractivity contribution in [2.45, 2.75) is 64.4 Å². The first-order valence-electron chi connectivity index (χ1n) is 12.1. The van der Waals surface area contributed by atoms with Crippen LogP contribution < -0.4 is 10.2 Å². The molecule has 0 saturated heterocycles. The van der Waals surface area contributed by atoms with Crippen LogP contribution in [0.4, 0.5) is 0 Å². The van der Waals surface area contributed by atoms with E-state index in [0.29, 0.717) is 18.1 Å². The van der Waals surface area contributed by atoms with Crippen LogP contribution in [0.1, 0.15) is 79.4 Å². The zero-order chi connectivity index (χ0) is 24.0. The molecule has 0 heterocycles. The highest BCUT2D eigenvalue weighted by Crippen LogP contribution is 2.31. The van der Waals surface area contributed by atoms with Gasteiger partial charge in [0.2, 0.25) is 0 Å². The number of hydrogen-bond donors (Lipinski definition) is 1.